The number of nitrogens with zero attached hydrogens (tertiary/aromatic N) is 4. The van der Waals surface area contributed by atoms with Crippen molar-refractivity contribution in [2.24, 2.45) is 0 Å². The highest BCUT2D eigenvalue weighted by atomic mass is 35.5. The number of rotatable bonds is 6. The van der Waals surface area contributed by atoms with Crippen molar-refractivity contribution in [2.75, 3.05) is 4.90 Å². The summed E-state index contributed by atoms with van der Waals surface area (Å²) < 4.78 is 0. The Morgan fingerprint density at radius 1 is 1.12 bits per heavy atom. The van der Waals surface area contributed by atoms with Crippen LogP contribution in [0.2, 0.25) is 5.02 Å². The van der Waals surface area contributed by atoms with Gasteiger partial charge in [0.2, 0.25) is 11.1 Å². The number of thioether (sulfide) groups is 1. The number of nitrogens with one attached hydrogen (secondary N) is 1. The fourth-order valence-corrected chi connectivity index (χ4v) is 5.36. The van der Waals surface area contributed by atoms with Crippen molar-refractivity contribution in [3.8, 4) is 11.4 Å². The minimum Gasteiger partial charge on any atom is -0.274 e. The van der Waals surface area contributed by atoms with E-state index < -0.39 is 0 Å². The highest BCUT2D eigenvalue weighted by Crippen LogP contribution is 2.35. The number of hydrogen-bond acceptors (Lipinski definition) is 6. The number of benzene rings is 2. The molecule has 4 rings (SSSR count). The van der Waals surface area contributed by atoms with E-state index in [4.69, 9.17) is 16.6 Å². The normalized spacial score (nSPS) is 11.0. The smallest absolute Gasteiger partial charge is 0.230 e. The molecule has 0 unspecified atom stereocenters. The molecule has 0 saturated carbocycles. The van der Waals surface area contributed by atoms with Crippen molar-refractivity contribution in [1.29, 1.82) is 0 Å². The zero-order valence-corrected chi connectivity index (χ0v) is 20.5. The minimum atomic E-state index is -0.0600. The maximum absolute atomic E-state index is 12.5. The maximum Gasteiger partial charge on any atom is 0.230 e. The van der Waals surface area contributed by atoms with Crippen LogP contribution in [-0.4, -0.2) is 26.1 Å². The average molecular weight is 484 g/mol. The van der Waals surface area contributed by atoms with Crippen molar-refractivity contribution in [3.05, 3.63) is 69.2 Å². The van der Waals surface area contributed by atoms with E-state index in [1.54, 1.807) is 11.8 Å². The molecule has 1 N–H and O–H groups in total. The molecule has 0 radical (unpaired) electrons. The number of carbonyl (C=O) groups is 1. The van der Waals surface area contributed by atoms with Crippen LogP contribution in [0, 0.1) is 20.8 Å². The SMILES string of the molecule is CC(=O)N(c1nc(CSc2n[nH]c(-c3ccc(Cl)cc3)n2)cs1)c1c(C)cc(C)cc1C. The molecule has 4 aromatic rings. The second-order valence-electron chi connectivity index (χ2n) is 7.49. The molecule has 164 valence electrons. The number of anilines is 2. The van der Waals surface area contributed by atoms with E-state index in [-0.39, 0.29) is 5.91 Å². The average Bonchev–Trinajstić information content (AvgIpc) is 3.39. The lowest BCUT2D eigenvalue weighted by Gasteiger charge is -2.23. The van der Waals surface area contributed by atoms with Gasteiger partial charge in [0.25, 0.3) is 0 Å². The van der Waals surface area contributed by atoms with Gasteiger partial charge in [-0.1, -0.05) is 41.1 Å². The molecule has 1 amide bonds. The highest BCUT2D eigenvalue weighted by molar-refractivity contribution is 7.98. The molecule has 0 saturated heterocycles. The van der Waals surface area contributed by atoms with Gasteiger partial charge in [-0.2, -0.15) is 0 Å². The first-order valence-corrected chi connectivity index (χ1v) is 12.2. The topological polar surface area (TPSA) is 74.8 Å². The third kappa shape index (κ3) is 4.87. The monoisotopic (exact) mass is 483 g/mol. The third-order valence-electron chi connectivity index (χ3n) is 4.84. The number of halogens is 1. The highest BCUT2D eigenvalue weighted by Gasteiger charge is 2.22. The van der Waals surface area contributed by atoms with Crippen LogP contribution in [0.3, 0.4) is 0 Å². The predicted molar refractivity (Wildman–Crippen MR) is 132 cm³/mol. The molecule has 0 aliphatic rings. The second-order valence-corrected chi connectivity index (χ2v) is 9.70. The summed E-state index contributed by atoms with van der Waals surface area (Å²) >= 11 is 8.90. The van der Waals surface area contributed by atoms with E-state index >= 15 is 0 Å². The summed E-state index contributed by atoms with van der Waals surface area (Å²) in [6.45, 7) is 7.68. The van der Waals surface area contributed by atoms with Crippen LogP contribution in [0.1, 0.15) is 29.3 Å². The summed E-state index contributed by atoms with van der Waals surface area (Å²) in [5.74, 6) is 1.23. The first kappa shape index (κ1) is 22.5. The van der Waals surface area contributed by atoms with Crippen LogP contribution in [-0.2, 0) is 10.5 Å². The number of thiazole rings is 1. The quantitative estimate of drug-likeness (QED) is 0.317. The van der Waals surface area contributed by atoms with E-state index in [0.717, 1.165) is 28.1 Å². The van der Waals surface area contributed by atoms with Gasteiger partial charge in [0.1, 0.15) is 0 Å². The molecule has 6 nitrogen and oxygen atoms in total. The Morgan fingerprint density at radius 3 is 2.47 bits per heavy atom. The molecule has 0 spiro atoms. The lowest BCUT2D eigenvalue weighted by atomic mass is 10.0. The Balaban J connectivity index is 1.50. The summed E-state index contributed by atoms with van der Waals surface area (Å²) in [6.07, 6.45) is 0. The van der Waals surface area contributed by atoms with Crippen LogP contribution in [0.25, 0.3) is 11.4 Å². The van der Waals surface area contributed by atoms with Crippen molar-refractivity contribution in [2.45, 2.75) is 38.6 Å². The summed E-state index contributed by atoms with van der Waals surface area (Å²) in [5, 5.41) is 11.2. The van der Waals surface area contributed by atoms with Gasteiger partial charge in [-0.3, -0.25) is 14.8 Å². The number of H-pyrrole nitrogens is 1. The molecular weight excluding hydrogens is 462 g/mol. The van der Waals surface area contributed by atoms with Gasteiger partial charge < -0.3 is 0 Å². The van der Waals surface area contributed by atoms with E-state index in [2.05, 4.69) is 34.2 Å². The largest absolute Gasteiger partial charge is 0.274 e. The van der Waals surface area contributed by atoms with Gasteiger partial charge in [0, 0.05) is 28.6 Å². The Labute approximate surface area is 200 Å². The molecule has 0 fully saturated rings. The number of carbonyl (C=O) groups excluding carboxylic acids is 1. The van der Waals surface area contributed by atoms with E-state index in [0.29, 0.717) is 26.9 Å². The van der Waals surface area contributed by atoms with Crippen molar-refractivity contribution >= 4 is 51.4 Å². The van der Waals surface area contributed by atoms with Gasteiger partial charge in [-0.05, 0) is 56.2 Å². The van der Waals surface area contributed by atoms with E-state index in [9.17, 15) is 4.79 Å². The first-order chi connectivity index (χ1) is 15.3. The van der Waals surface area contributed by atoms with Crippen molar-refractivity contribution in [1.82, 2.24) is 20.2 Å². The lowest BCUT2D eigenvalue weighted by molar-refractivity contribution is -0.115. The molecule has 2 aromatic heterocycles. The molecule has 32 heavy (non-hydrogen) atoms. The predicted octanol–water partition coefficient (Wildman–Crippen LogP) is 6.48. The van der Waals surface area contributed by atoms with Crippen LogP contribution < -0.4 is 4.90 Å². The number of aryl methyl sites for hydroxylation is 3. The molecular formula is C23H22ClN5OS2. The standard InChI is InChI=1S/C23H22ClN5OS2/c1-13-9-14(2)20(15(3)10-13)29(16(4)30)23-25-19(12-32-23)11-31-22-26-21(27-28-22)17-5-7-18(24)8-6-17/h5-10,12H,11H2,1-4H3,(H,26,27,28). The van der Waals surface area contributed by atoms with Gasteiger partial charge in [0.15, 0.2) is 11.0 Å². The van der Waals surface area contributed by atoms with Crippen LogP contribution in [0.5, 0.6) is 0 Å². The second kappa shape index (κ2) is 9.44. The van der Waals surface area contributed by atoms with E-state index in [1.165, 1.54) is 28.7 Å². The fraction of sp³-hybridized carbons (Fsp3) is 0.217. The summed E-state index contributed by atoms with van der Waals surface area (Å²) in [4.78, 5) is 23.5. The van der Waals surface area contributed by atoms with Gasteiger partial charge >= 0.3 is 0 Å². The molecule has 0 aliphatic carbocycles. The van der Waals surface area contributed by atoms with Crippen molar-refractivity contribution in [3.63, 3.8) is 0 Å². The van der Waals surface area contributed by atoms with Crippen LogP contribution in [0.15, 0.2) is 46.9 Å². The Morgan fingerprint density at radius 2 is 1.81 bits per heavy atom. The molecule has 2 heterocycles. The molecule has 9 heteroatoms. The zero-order chi connectivity index (χ0) is 22.8. The number of aromatic nitrogens is 4. The number of hydrogen-bond donors (Lipinski definition) is 1. The Kier molecular flexibility index (Phi) is 6.64. The Bertz CT molecular complexity index is 1240. The molecule has 0 aliphatic heterocycles. The van der Waals surface area contributed by atoms with Crippen LogP contribution in [0.4, 0.5) is 10.8 Å². The Hall–Kier alpha value is -2.68. The van der Waals surface area contributed by atoms with Crippen molar-refractivity contribution < 1.29 is 4.79 Å². The van der Waals surface area contributed by atoms with Gasteiger partial charge in [0.05, 0.1) is 11.4 Å². The summed E-state index contributed by atoms with van der Waals surface area (Å²) in [7, 11) is 0. The lowest BCUT2D eigenvalue weighted by Crippen LogP contribution is -2.24. The van der Waals surface area contributed by atoms with Crippen LogP contribution >= 0.6 is 34.7 Å². The molecule has 0 atom stereocenters. The fourth-order valence-electron chi connectivity index (χ4n) is 3.56. The minimum absolute atomic E-state index is 0.0600. The van der Waals surface area contributed by atoms with Gasteiger partial charge in [-0.25, -0.2) is 9.97 Å². The third-order valence-corrected chi connectivity index (χ3v) is 6.84. The zero-order valence-electron chi connectivity index (χ0n) is 18.1. The molecule has 2 aromatic carbocycles. The van der Waals surface area contributed by atoms with Gasteiger partial charge in [-0.15, -0.1) is 16.4 Å². The first-order valence-electron chi connectivity index (χ1n) is 9.96. The summed E-state index contributed by atoms with van der Waals surface area (Å²) in [6, 6.07) is 11.6. The molecule has 0 bridgehead atoms. The van der Waals surface area contributed by atoms with E-state index in [1.807, 2.05) is 43.5 Å². The number of amides is 1. The summed E-state index contributed by atoms with van der Waals surface area (Å²) in [5.41, 5.74) is 5.98. The number of aromatic amines is 1. The maximum atomic E-state index is 12.5.